The van der Waals surface area contributed by atoms with Gasteiger partial charge in [-0.2, -0.15) is 0 Å². The summed E-state index contributed by atoms with van der Waals surface area (Å²) in [6, 6.07) is 7.28. The first-order chi connectivity index (χ1) is 12.2. The van der Waals surface area contributed by atoms with Gasteiger partial charge in [0.1, 0.15) is 11.9 Å². The molecule has 1 spiro atoms. The van der Waals surface area contributed by atoms with Gasteiger partial charge in [-0.25, -0.2) is 0 Å². The molecule has 1 aromatic rings. The quantitative estimate of drug-likeness (QED) is 0.765. The molecule has 0 radical (unpaired) electrons. The number of amides is 1. The minimum Gasteiger partial charge on any atom is -0.494 e. The molecule has 1 amide bonds. The van der Waals surface area contributed by atoms with Crippen LogP contribution in [-0.2, 0) is 9.47 Å². The summed E-state index contributed by atoms with van der Waals surface area (Å²) in [7, 11) is 0. The first kappa shape index (κ1) is 18.2. The van der Waals surface area contributed by atoms with Gasteiger partial charge in [0.05, 0.1) is 13.2 Å². The lowest BCUT2D eigenvalue weighted by molar-refractivity contribution is -0.186. The molecule has 1 unspecified atom stereocenters. The fraction of sp³-hybridized carbons (Fsp3) is 0.650. The predicted molar refractivity (Wildman–Crippen MR) is 95.8 cm³/mol. The standard InChI is InChI=1S/C20H29NO4/c1-2-3-13-23-17-9-7-16(8-10-17)19(22)21-14-18-15-24-20(25-18)11-5-4-6-12-20/h7-10,18H,2-6,11-15H2,1H3,(H,21,22). The van der Waals surface area contributed by atoms with Crippen LogP contribution in [0.4, 0.5) is 0 Å². The van der Waals surface area contributed by atoms with E-state index in [-0.39, 0.29) is 17.8 Å². The van der Waals surface area contributed by atoms with Crippen molar-refractivity contribution in [2.75, 3.05) is 19.8 Å². The average molecular weight is 347 g/mol. The maximum absolute atomic E-state index is 12.3. The topological polar surface area (TPSA) is 56.8 Å². The van der Waals surface area contributed by atoms with Crippen LogP contribution >= 0.6 is 0 Å². The summed E-state index contributed by atoms with van der Waals surface area (Å²) < 4.78 is 17.6. The zero-order valence-electron chi connectivity index (χ0n) is 15.1. The molecule has 1 heterocycles. The Labute approximate surface area is 150 Å². The van der Waals surface area contributed by atoms with Crippen LogP contribution in [0.3, 0.4) is 0 Å². The second-order valence-electron chi connectivity index (χ2n) is 6.96. The third kappa shape index (κ3) is 4.95. The Balaban J connectivity index is 1.43. The number of unbranched alkanes of at least 4 members (excludes halogenated alkanes) is 1. The summed E-state index contributed by atoms with van der Waals surface area (Å²) in [6.07, 6.45) is 7.60. The summed E-state index contributed by atoms with van der Waals surface area (Å²) in [6.45, 7) is 3.88. The normalized spacial score (nSPS) is 22.0. The van der Waals surface area contributed by atoms with Gasteiger partial charge in [0.25, 0.3) is 5.91 Å². The number of benzene rings is 1. The van der Waals surface area contributed by atoms with Crippen molar-refractivity contribution in [2.24, 2.45) is 0 Å². The van der Waals surface area contributed by atoms with Crippen LogP contribution in [0, 0.1) is 0 Å². The van der Waals surface area contributed by atoms with E-state index in [1.807, 2.05) is 12.1 Å². The Morgan fingerprint density at radius 2 is 2.00 bits per heavy atom. The summed E-state index contributed by atoms with van der Waals surface area (Å²) in [5, 5.41) is 2.95. The first-order valence-corrected chi connectivity index (χ1v) is 9.54. The van der Waals surface area contributed by atoms with E-state index in [1.165, 1.54) is 6.42 Å². The SMILES string of the molecule is CCCCOc1ccc(C(=O)NCC2COC3(CCCCC3)O2)cc1. The molecule has 1 N–H and O–H groups in total. The summed E-state index contributed by atoms with van der Waals surface area (Å²) in [5.41, 5.74) is 0.633. The molecule has 138 valence electrons. The average Bonchev–Trinajstić information content (AvgIpc) is 3.03. The third-order valence-electron chi connectivity index (χ3n) is 4.90. The van der Waals surface area contributed by atoms with Gasteiger partial charge < -0.3 is 19.5 Å². The summed E-state index contributed by atoms with van der Waals surface area (Å²) >= 11 is 0. The van der Waals surface area contributed by atoms with Crippen LogP contribution in [0.25, 0.3) is 0 Å². The number of hydrogen-bond donors (Lipinski definition) is 1. The second kappa shape index (κ2) is 8.68. The molecule has 2 aliphatic rings. The molecule has 5 heteroatoms. The molecule has 3 rings (SSSR count). The zero-order valence-corrected chi connectivity index (χ0v) is 15.1. The number of nitrogens with one attached hydrogen (secondary N) is 1. The maximum Gasteiger partial charge on any atom is 0.251 e. The van der Waals surface area contributed by atoms with Crippen molar-refractivity contribution >= 4 is 5.91 Å². The smallest absolute Gasteiger partial charge is 0.251 e. The highest BCUT2D eigenvalue weighted by Crippen LogP contribution is 2.37. The van der Waals surface area contributed by atoms with Crippen molar-refractivity contribution in [3.05, 3.63) is 29.8 Å². The van der Waals surface area contributed by atoms with Gasteiger partial charge in [-0.05, 0) is 43.5 Å². The van der Waals surface area contributed by atoms with E-state index in [1.54, 1.807) is 12.1 Å². The van der Waals surface area contributed by atoms with Crippen molar-refractivity contribution in [3.8, 4) is 5.75 Å². The molecule has 0 bridgehead atoms. The highest BCUT2D eigenvalue weighted by atomic mass is 16.7. The molecule has 1 saturated heterocycles. The van der Waals surface area contributed by atoms with Gasteiger partial charge in [0.15, 0.2) is 5.79 Å². The third-order valence-corrected chi connectivity index (χ3v) is 4.90. The van der Waals surface area contributed by atoms with Gasteiger partial charge in [-0.1, -0.05) is 19.8 Å². The van der Waals surface area contributed by atoms with Crippen LogP contribution < -0.4 is 10.1 Å². The zero-order chi connectivity index (χ0) is 17.5. The van der Waals surface area contributed by atoms with E-state index in [4.69, 9.17) is 14.2 Å². The van der Waals surface area contributed by atoms with Gasteiger partial charge >= 0.3 is 0 Å². The van der Waals surface area contributed by atoms with Crippen LogP contribution in [-0.4, -0.2) is 37.6 Å². The van der Waals surface area contributed by atoms with Crippen LogP contribution in [0.15, 0.2) is 24.3 Å². The van der Waals surface area contributed by atoms with Crippen LogP contribution in [0.2, 0.25) is 0 Å². The van der Waals surface area contributed by atoms with Crippen molar-refractivity contribution in [1.29, 1.82) is 0 Å². The minimum absolute atomic E-state index is 0.0568. The highest BCUT2D eigenvalue weighted by Gasteiger charge is 2.42. The molecule has 1 aromatic carbocycles. The monoisotopic (exact) mass is 347 g/mol. The number of rotatable bonds is 7. The molecule has 1 aliphatic heterocycles. The number of hydrogen-bond acceptors (Lipinski definition) is 4. The lowest BCUT2D eigenvalue weighted by Gasteiger charge is -2.31. The van der Waals surface area contributed by atoms with Crippen molar-refractivity contribution in [1.82, 2.24) is 5.32 Å². The fourth-order valence-electron chi connectivity index (χ4n) is 3.42. The molecule has 1 atom stereocenters. The summed E-state index contributed by atoms with van der Waals surface area (Å²) in [4.78, 5) is 12.3. The predicted octanol–water partition coefficient (Wildman–Crippen LogP) is 3.67. The molecule has 0 aromatic heterocycles. The van der Waals surface area contributed by atoms with E-state index in [2.05, 4.69) is 12.2 Å². The second-order valence-corrected chi connectivity index (χ2v) is 6.96. The van der Waals surface area contributed by atoms with Crippen molar-refractivity contribution in [2.45, 2.75) is 63.8 Å². The Morgan fingerprint density at radius 3 is 2.72 bits per heavy atom. The van der Waals surface area contributed by atoms with E-state index in [0.29, 0.717) is 25.3 Å². The molecule has 25 heavy (non-hydrogen) atoms. The Hall–Kier alpha value is -1.59. The van der Waals surface area contributed by atoms with E-state index >= 15 is 0 Å². The molecule has 1 saturated carbocycles. The number of carbonyl (C=O) groups is 1. The number of ether oxygens (including phenoxy) is 3. The maximum atomic E-state index is 12.3. The van der Waals surface area contributed by atoms with E-state index in [0.717, 1.165) is 44.3 Å². The van der Waals surface area contributed by atoms with E-state index < -0.39 is 0 Å². The largest absolute Gasteiger partial charge is 0.494 e. The Morgan fingerprint density at radius 1 is 1.24 bits per heavy atom. The van der Waals surface area contributed by atoms with Crippen LogP contribution in [0.5, 0.6) is 5.75 Å². The first-order valence-electron chi connectivity index (χ1n) is 9.54. The Kier molecular flexibility index (Phi) is 6.32. The molecule has 5 nitrogen and oxygen atoms in total. The minimum atomic E-state index is -0.384. The van der Waals surface area contributed by atoms with Gasteiger partial charge in [-0.15, -0.1) is 0 Å². The fourth-order valence-corrected chi connectivity index (χ4v) is 3.42. The lowest BCUT2D eigenvalue weighted by Crippen LogP contribution is -2.37. The highest BCUT2D eigenvalue weighted by molar-refractivity contribution is 5.94. The molecule has 2 fully saturated rings. The van der Waals surface area contributed by atoms with Gasteiger partial charge in [-0.3, -0.25) is 4.79 Å². The molecule has 1 aliphatic carbocycles. The number of carbonyl (C=O) groups excluding carboxylic acids is 1. The van der Waals surface area contributed by atoms with Gasteiger partial charge in [0, 0.05) is 24.9 Å². The Bertz CT molecular complexity index is 551. The lowest BCUT2D eigenvalue weighted by atomic mass is 9.94. The molecular formula is C20H29NO4. The van der Waals surface area contributed by atoms with Crippen molar-refractivity contribution < 1.29 is 19.0 Å². The van der Waals surface area contributed by atoms with Gasteiger partial charge in [0.2, 0.25) is 0 Å². The van der Waals surface area contributed by atoms with E-state index in [9.17, 15) is 4.79 Å². The molecular weight excluding hydrogens is 318 g/mol. The van der Waals surface area contributed by atoms with Crippen molar-refractivity contribution in [3.63, 3.8) is 0 Å². The van der Waals surface area contributed by atoms with Crippen LogP contribution in [0.1, 0.15) is 62.2 Å². The summed E-state index contributed by atoms with van der Waals surface area (Å²) in [5.74, 6) is 0.329.